The molecule has 3 rings (SSSR count). The van der Waals surface area contributed by atoms with Crippen molar-refractivity contribution in [1.82, 2.24) is 0 Å². The van der Waals surface area contributed by atoms with E-state index in [-0.39, 0.29) is 5.91 Å². The Kier molecular flexibility index (Phi) is 5.95. The van der Waals surface area contributed by atoms with Crippen LogP contribution in [0.5, 0.6) is 0 Å². The fourth-order valence-electron chi connectivity index (χ4n) is 2.18. The summed E-state index contributed by atoms with van der Waals surface area (Å²) in [7, 11) is 0. The maximum Gasteiger partial charge on any atom is 0.255 e. The van der Waals surface area contributed by atoms with Crippen LogP contribution < -0.4 is 10.0 Å². The van der Waals surface area contributed by atoms with Crippen molar-refractivity contribution in [3.05, 3.63) is 88.4 Å². The van der Waals surface area contributed by atoms with Crippen molar-refractivity contribution < 1.29 is 4.79 Å². The highest BCUT2D eigenvalue weighted by atomic mass is 79.9. The second kappa shape index (κ2) is 8.56. The fourth-order valence-corrected chi connectivity index (χ4v) is 3.09. The van der Waals surface area contributed by atoms with E-state index in [1.807, 2.05) is 36.4 Å². The summed E-state index contributed by atoms with van der Waals surface area (Å²) in [6.45, 7) is 0. The van der Waals surface area contributed by atoms with Gasteiger partial charge in [-0.2, -0.15) is 5.26 Å². The summed E-state index contributed by atoms with van der Waals surface area (Å²) >= 11 is 4.91. The number of halogens is 1. The number of hydrogen-bond acceptors (Lipinski definition) is 4. The average molecular weight is 424 g/mol. The smallest absolute Gasteiger partial charge is 0.255 e. The summed E-state index contributed by atoms with van der Waals surface area (Å²) < 4.78 is 4.28. The molecular weight excluding hydrogens is 410 g/mol. The second-order valence-electron chi connectivity index (χ2n) is 5.38. The minimum Gasteiger partial charge on any atom is -0.326 e. The molecular formula is C20H14BrN3OS. The predicted octanol–water partition coefficient (Wildman–Crippen LogP) is 5.69. The molecule has 0 fully saturated rings. The number of nitrogens with zero attached hydrogens (tertiary/aromatic N) is 1. The molecule has 6 heteroatoms. The number of anilines is 2. The second-order valence-corrected chi connectivity index (χ2v) is 7.18. The summed E-state index contributed by atoms with van der Waals surface area (Å²) in [5.41, 5.74) is 2.56. The molecule has 0 bridgehead atoms. The van der Waals surface area contributed by atoms with Crippen LogP contribution in [-0.4, -0.2) is 5.91 Å². The molecule has 0 aliphatic carbocycles. The van der Waals surface area contributed by atoms with E-state index in [0.29, 0.717) is 16.8 Å². The SMILES string of the molecule is N#Cc1cccc(NC(=O)c2ccc(NSc3ccc(Br)cc3)cc2)c1. The number of carbonyl (C=O) groups is 1. The summed E-state index contributed by atoms with van der Waals surface area (Å²) in [6.07, 6.45) is 0. The molecule has 0 saturated carbocycles. The van der Waals surface area contributed by atoms with Crippen molar-refractivity contribution in [2.45, 2.75) is 4.90 Å². The van der Waals surface area contributed by atoms with Gasteiger partial charge in [-0.3, -0.25) is 4.79 Å². The topological polar surface area (TPSA) is 64.9 Å². The van der Waals surface area contributed by atoms with E-state index in [9.17, 15) is 4.79 Å². The number of nitriles is 1. The molecule has 0 saturated heterocycles. The molecule has 3 aromatic rings. The van der Waals surface area contributed by atoms with Crippen molar-refractivity contribution in [2.24, 2.45) is 0 Å². The predicted molar refractivity (Wildman–Crippen MR) is 109 cm³/mol. The summed E-state index contributed by atoms with van der Waals surface area (Å²) in [6, 6.07) is 24.1. The van der Waals surface area contributed by atoms with Gasteiger partial charge >= 0.3 is 0 Å². The molecule has 0 unspecified atom stereocenters. The van der Waals surface area contributed by atoms with Crippen molar-refractivity contribution >= 4 is 45.2 Å². The highest BCUT2D eigenvalue weighted by Gasteiger charge is 2.06. The Morgan fingerprint density at radius 3 is 2.38 bits per heavy atom. The summed E-state index contributed by atoms with van der Waals surface area (Å²) in [5, 5.41) is 11.7. The third-order valence-electron chi connectivity index (χ3n) is 3.50. The van der Waals surface area contributed by atoms with Crippen molar-refractivity contribution in [2.75, 3.05) is 10.0 Å². The van der Waals surface area contributed by atoms with Gasteiger partial charge in [-0.15, -0.1) is 0 Å². The zero-order chi connectivity index (χ0) is 18.4. The van der Waals surface area contributed by atoms with Gasteiger partial charge in [0, 0.05) is 26.3 Å². The maximum atomic E-state index is 12.3. The molecule has 26 heavy (non-hydrogen) atoms. The molecule has 0 aliphatic rings. The summed E-state index contributed by atoms with van der Waals surface area (Å²) in [5.74, 6) is -0.216. The number of hydrogen-bond donors (Lipinski definition) is 2. The van der Waals surface area contributed by atoms with Gasteiger partial charge in [0.05, 0.1) is 11.6 Å². The lowest BCUT2D eigenvalue weighted by molar-refractivity contribution is 0.102. The number of amides is 1. The monoisotopic (exact) mass is 423 g/mol. The van der Waals surface area contributed by atoms with Crippen LogP contribution in [0.25, 0.3) is 0 Å². The highest BCUT2D eigenvalue weighted by molar-refractivity contribution is 9.10. The molecule has 0 aliphatic heterocycles. The molecule has 0 heterocycles. The van der Waals surface area contributed by atoms with Gasteiger partial charge in [-0.25, -0.2) is 0 Å². The largest absolute Gasteiger partial charge is 0.326 e. The highest BCUT2D eigenvalue weighted by Crippen LogP contribution is 2.23. The van der Waals surface area contributed by atoms with E-state index in [1.54, 1.807) is 36.4 Å². The molecule has 0 aromatic heterocycles. The van der Waals surface area contributed by atoms with Crippen molar-refractivity contribution in [3.8, 4) is 6.07 Å². The molecule has 0 spiro atoms. The first-order chi connectivity index (χ1) is 12.6. The molecule has 2 N–H and O–H groups in total. The van der Waals surface area contributed by atoms with Crippen LogP contribution in [0.2, 0.25) is 0 Å². The van der Waals surface area contributed by atoms with E-state index in [4.69, 9.17) is 5.26 Å². The number of rotatable bonds is 5. The molecule has 4 nitrogen and oxygen atoms in total. The van der Waals surface area contributed by atoms with Crippen LogP contribution in [-0.2, 0) is 0 Å². The zero-order valence-corrected chi connectivity index (χ0v) is 16.0. The minimum absolute atomic E-state index is 0.216. The summed E-state index contributed by atoms with van der Waals surface area (Å²) in [4.78, 5) is 13.4. The van der Waals surface area contributed by atoms with E-state index in [2.05, 4.69) is 32.0 Å². The minimum atomic E-state index is -0.216. The lowest BCUT2D eigenvalue weighted by Crippen LogP contribution is -2.11. The van der Waals surface area contributed by atoms with E-state index >= 15 is 0 Å². The van der Waals surface area contributed by atoms with Crippen molar-refractivity contribution in [1.29, 1.82) is 5.26 Å². The quantitative estimate of drug-likeness (QED) is 0.517. The van der Waals surface area contributed by atoms with Gasteiger partial charge < -0.3 is 10.0 Å². The van der Waals surface area contributed by atoms with Gasteiger partial charge in [-0.1, -0.05) is 22.0 Å². The van der Waals surface area contributed by atoms with E-state index < -0.39 is 0 Å². The standard InChI is InChI=1S/C20H14BrN3OS/c21-16-6-10-19(11-7-16)26-24-17-8-4-15(5-9-17)20(25)23-18-3-1-2-14(12-18)13-22/h1-12,24H,(H,23,25). The maximum absolute atomic E-state index is 12.3. The van der Waals surface area contributed by atoms with Gasteiger partial charge in [0.25, 0.3) is 5.91 Å². The number of benzene rings is 3. The lowest BCUT2D eigenvalue weighted by atomic mass is 10.1. The Morgan fingerprint density at radius 1 is 0.962 bits per heavy atom. The Morgan fingerprint density at radius 2 is 1.69 bits per heavy atom. The first-order valence-electron chi connectivity index (χ1n) is 7.74. The Balaban J connectivity index is 1.60. The van der Waals surface area contributed by atoms with Crippen LogP contribution in [0.3, 0.4) is 0 Å². The zero-order valence-electron chi connectivity index (χ0n) is 13.6. The first kappa shape index (κ1) is 18.1. The van der Waals surface area contributed by atoms with Crippen molar-refractivity contribution in [3.63, 3.8) is 0 Å². The molecule has 3 aromatic carbocycles. The van der Waals surface area contributed by atoms with Crippen LogP contribution in [0.15, 0.2) is 82.2 Å². The van der Waals surface area contributed by atoms with E-state index in [0.717, 1.165) is 15.1 Å². The molecule has 0 atom stereocenters. The third kappa shape index (κ3) is 4.88. The number of nitrogens with one attached hydrogen (secondary N) is 2. The van der Waals surface area contributed by atoms with E-state index in [1.165, 1.54) is 11.9 Å². The van der Waals surface area contributed by atoms with Crippen LogP contribution in [0, 0.1) is 11.3 Å². The van der Waals surface area contributed by atoms with Crippen LogP contribution >= 0.6 is 27.9 Å². The Labute approximate surface area is 164 Å². The Bertz CT molecular complexity index is 950. The lowest BCUT2D eigenvalue weighted by Gasteiger charge is -2.08. The van der Waals surface area contributed by atoms with Gasteiger partial charge in [0.2, 0.25) is 0 Å². The third-order valence-corrected chi connectivity index (χ3v) is 4.87. The Hall–Kier alpha value is -2.75. The first-order valence-corrected chi connectivity index (χ1v) is 9.35. The normalized spacial score (nSPS) is 10.0. The molecule has 0 radical (unpaired) electrons. The van der Waals surface area contributed by atoms with Crippen LogP contribution in [0.4, 0.5) is 11.4 Å². The fraction of sp³-hybridized carbons (Fsp3) is 0. The molecule has 128 valence electrons. The van der Waals surface area contributed by atoms with Gasteiger partial charge in [0.15, 0.2) is 0 Å². The van der Waals surface area contributed by atoms with Gasteiger partial charge in [0.1, 0.15) is 0 Å². The van der Waals surface area contributed by atoms with Crippen LogP contribution in [0.1, 0.15) is 15.9 Å². The molecule has 1 amide bonds. The number of carbonyl (C=O) groups excluding carboxylic acids is 1. The van der Waals surface area contributed by atoms with Gasteiger partial charge in [-0.05, 0) is 78.7 Å². The average Bonchev–Trinajstić information content (AvgIpc) is 2.68.